The Morgan fingerprint density at radius 3 is 2.42 bits per heavy atom. The average molecular weight is 336 g/mol. The molecule has 1 aliphatic rings. The zero-order valence-electron chi connectivity index (χ0n) is 10.1. The van der Waals surface area contributed by atoms with Crippen LogP contribution in [0.1, 0.15) is 22.3 Å². The maximum Gasteiger partial charge on any atom is 0.416 e. The lowest BCUT2D eigenvalue weighted by Crippen LogP contribution is -2.28. The number of halogens is 4. The highest BCUT2D eigenvalue weighted by Gasteiger charge is 2.31. The van der Waals surface area contributed by atoms with Gasteiger partial charge in [-0.25, -0.2) is 0 Å². The van der Waals surface area contributed by atoms with Gasteiger partial charge in [0.25, 0.3) is 5.91 Å². The van der Waals surface area contributed by atoms with Gasteiger partial charge in [0.1, 0.15) is 0 Å². The van der Waals surface area contributed by atoms with Gasteiger partial charge in [0.2, 0.25) is 0 Å². The van der Waals surface area contributed by atoms with Crippen molar-refractivity contribution in [3.05, 3.63) is 35.4 Å². The summed E-state index contributed by atoms with van der Waals surface area (Å²) in [5.41, 5.74) is -0.424. The van der Waals surface area contributed by atoms with Crippen LogP contribution in [0.5, 0.6) is 0 Å². The first-order valence-electron chi connectivity index (χ1n) is 5.94. The molecule has 104 valence electrons. The summed E-state index contributed by atoms with van der Waals surface area (Å²) in [6.07, 6.45) is -3.44. The maximum atomic E-state index is 12.4. The van der Waals surface area contributed by atoms with Crippen molar-refractivity contribution in [1.29, 1.82) is 0 Å². The summed E-state index contributed by atoms with van der Waals surface area (Å²) >= 11 is 3.38. The predicted octanol–water partition coefficient (Wildman–Crippen LogP) is 3.56. The van der Waals surface area contributed by atoms with Crippen molar-refractivity contribution in [2.75, 3.05) is 18.4 Å². The summed E-state index contributed by atoms with van der Waals surface area (Å²) in [5.74, 6) is 0.232. The van der Waals surface area contributed by atoms with E-state index in [4.69, 9.17) is 0 Å². The fourth-order valence-corrected chi connectivity index (χ4v) is 2.66. The van der Waals surface area contributed by atoms with E-state index in [9.17, 15) is 18.0 Å². The van der Waals surface area contributed by atoms with E-state index in [0.29, 0.717) is 24.6 Å². The number of hydrogen-bond donors (Lipinski definition) is 0. The number of carbonyl (C=O) groups excluding carboxylic acids is 1. The van der Waals surface area contributed by atoms with Gasteiger partial charge in [-0.1, -0.05) is 15.9 Å². The van der Waals surface area contributed by atoms with Gasteiger partial charge in [-0.3, -0.25) is 4.79 Å². The largest absolute Gasteiger partial charge is 0.416 e. The minimum absolute atomic E-state index is 0.197. The molecule has 0 bridgehead atoms. The Morgan fingerprint density at radius 1 is 1.32 bits per heavy atom. The van der Waals surface area contributed by atoms with E-state index >= 15 is 0 Å². The van der Waals surface area contributed by atoms with Crippen LogP contribution in [0.3, 0.4) is 0 Å². The van der Waals surface area contributed by atoms with E-state index in [1.54, 1.807) is 4.90 Å². The molecule has 1 fully saturated rings. The van der Waals surface area contributed by atoms with Crippen LogP contribution in [-0.2, 0) is 6.18 Å². The Bertz CT molecular complexity index is 458. The fraction of sp³-hybridized carbons (Fsp3) is 0.462. The van der Waals surface area contributed by atoms with Crippen molar-refractivity contribution in [2.45, 2.75) is 12.6 Å². The molecule has 2 rings (SSSR count). The van der Waals surface area contributed by atoms with Crippen molar-refractivity contribution in [2.24, 2.45) is 5.92 Å². The predicted molar refractivity (Wildman–Crippen MR) is 69.2 cm³/mol. The lowest BCUT2D eigenvalue weighted by atomic mass is 10.1. The summed E-state index contributed by atoms with van der Waals surface area (Å²) in [4.78, 5) is 13.8. The standard InChI is InChI=1S/C13H13BrF3NO/c14-7-9-5-6-18(8-9)12(19)10-1-3-11(4-2-10)13(15,16)17/h1-4,9H,5-8H2. The van der Waals surface area contributed by atoms with E-state index < -0.39 is 11.7 Å². The Balaban J connectivity index is 2.08. The molecule has 0 spiro atoms. The number of amides is 1. The van der Waals surface area contributed by atoms with Crippen molar-refractivity contribution in [1.82, 2.24) is 4.90 Å². The molecule has 0 radical (unpaired) electrons. The van der Waals surface area contributed by atoms with Gasteiger partial charge >= 0.3 is 6.18 Å². The van der Waals surface area contributed by atoms with Crippen molar-refractivity contribution in [3.63, 3.8) is 0 Å². The molecule has 1 atom stereocenters. The van der Waals surface area contributed by atoms with Crippen molar-refractivity contribution in [3.8, 4) is 0 Å². The highest BCUT2D eigenvalue weighted by molar-refractivity contribution is 9.09. The highest BCUT2D eigenvalue weighted by Crippen LogP contribution is 2.29. The molecule has 19 heavy (non-hydrogen) atoms. The molecule has 1 amide bonds. The molecule has 1 unspecified atom stereocenters. The second kappa shape index (κ2) is 5.53. The molecule has 1 saturated heterocycles. The number of benzene rings is 1. The van der Waals surface area contributed by atoms with Gasteiger partial charge in [-0.15, -0.1) is 0 Å². The van der Waals surface area contributed by atoms with Crippen molar-refractivity contribution < 1.29 is 18.0 Å². The van der Waals surface area contributed by atoms with Gasteiger partial charge < -0.3 is 4.90 Å². The smallest absolute Gasteiger partial charge is 0.338 e. The first-order chi connectivity index (χ1) is 8.91. The van der Waals surface area contributed by atoms with E-state index in [1.807, 2.05) is 0 Å². The van der Waals surface area contributed by atoms with Crippen LogP contribution < -0.4 is 0 Å². The van der Waals surface area contributed by atoms with Crippen LogP contribution in [0, 0.1) is 5.92 Å². The van der Waals surface area contributed by atoms with Crippen LogP contribution >= 0.6 is 15.9 Å². The minimum atomic E-state index is -4.36. The number of carbonyl (C=O) groups is 1. The molecule has 1 aliphatic heterocycles. The van der Waals surface area contributed by atoms with E-state index in [2.05, 4.69) is 15.9 Å². The third-order valence-corrected chi connectivity index (χ3v) is 4.17. The van der Waals surface area contributed by atoms with Crippen LogP contribution in [-0.4, -0.2) is 29.2 Å². The van der Waals surface area contributed by atoms with Gasteiger partial charge in [0.15, 0.2) is 0 Å². The fourth-order valence-electron chi connectivity index (χ4n) is 2.13. The van der Waals surface area contributed by atoms with Gasteiger partial charge in [-0.2, -0.15) is 13.2 Å². The summed E-state index contributed by atoms with van der Waals surface area (Å²) in [6.45, 7) is 1.32. The van der Waals surface area contributed by atoms with Gasteiger partial charge in [0.05, 0.1) is 5.56 Å². The molecular formula is C13H13BrF3NO. The molecule has 1 aromatic rings. The molecular weight excluding hydrogens is 323 g/mol. The zero-order chi connectivity index (χ0) is 14.0. The Labute approximate surface area is 117 Å². The second-order valence-corrected chi connectivity index (χ2v) is 5.28. The topological polar surface area (TPSA) is 20.3 Å². The second-order valence-electron chi connectivity index (χ2n) is 4.64. The van der Waals surface area contributed by atoms with Gasteiger partial charge in [-0.05, 0) is 36.6 Å². The molecule has 2 nitrogen and oxygen atoms in total. The number of nitrogens with zero attached hydrogens (tertiary/aromatic N) is 1. The lowest BCUT2D eigenvalue weighted by molar-refractivity contribution is -0.137. The summed E-state index contributed by atoms with van der Waals surface area (Å²) < 4.78 is 37.3. The molecule has 1 aromatic carbocycles. The van der Waals surface area contributed by atoms with E-state index in [0.717, 1.165) is 23.9 Å². The Hall–Kier alpha value is -1.04. The first-order valence-corrected chi connectivity index (χ1v) is 7.06. The zero-order valence-corrected chi connectivity index (χ0v) is 11.7. The third-order valence-electron chi connectivity index (χ3n) is 3.25. The number of rotatable bonds is 2. The van der Waals surface area contributed by atoms with Crippen molar-refractivity contribution >= 4 is 21.8 Å². The van der Waals surface area contributed by atoms with Crippen LogP contribution in [0.2, 0.25) is 0 Å². The first kappa shape index (κ1) is 14.4. The molecule has 6 heteroatoms. The maximum absolute atomic E-state index is 12.4. The highest BCUT2D eigenvalue weighted by atomic mass is 79.9. The molecule has 0 N–H and O–H groups in total. The van der Waals surface area contributed by atoms with E-state index in [1.165, 1.54) is 12.1 Å². The third kappa shape index (κ3) is 3.29. The SMILES string of the molecule is O=C(c1ccc(C(F)(F)F)cc1)N1CCC(CBr)C1. The lowest BCUT2D eigenvalue weighted by Gasteiger charge is -2.16. The van der Waals surface area contributed by atoms with E-state index in [-0.39, 0.29) is 5.91 Å². The molecule has 1 heterocycles. The minimum Gasteiger partial charge on any atom is -0.338 e. The quantitative estimate of drug-likeness (QED) is 0.757. The Morgan fingerprint density at radius 2 is 1.95 bits per heavy atom. The average Bonchev–Trinajstić information content (AvgIpc) is 2.86. The van der Waals surface area contributed by atoms with Gasteiger partial charge in [0, 0.05) is 24.0 Å². The molecule has 0 saturated carbocycles. The normalized spacial score (nSPS) is 19.8. The number of alkyl halides is 4. The Kier molecular flexibility index (Phi) is 4.18. The molecule has 0 aromatic heterocycles. The van der Waals surface area contributed by atoms with Crippen LogP contribution in [0.4, 0.5) is 13.2 Å². The summed E-state index contributed by atoms with van der Waals surface area (Å²) in [7, 11) is 0. The number of likely N-dealkylation sites (tertiary alicyclic amines) is 1. The summed E-state index contributed by atoms with van der Waals surface area (Å²) in [6, 6.07) is 4.38. The molecule has 0 aliphatic carbocycles. The number of hydrogen-bond acceptors (Lipinski definition) is 1. The monoisotopic (exact) mass is 335 g/mol. The van der Waals surface area contributed by atoms with Crippen LogP contribution in [0.15, 0.2) is 24.3 Å². The van der Waals surface area contributed by atoms with Crippen LogP contribution in [0.25, 0.3) is 0 Å². The summed E-state index contributed by atoms with van der Waals surface area (Å²) in [5, 5.41) is 0.837.